The van der Waals surface area contributed by atoms with Crippen molar-refractivity contribution in [3.05, 3.63) is 59.1 Å². The number of amides is 1. The minimum Gasteiger partial charge on any atom is -0.385 e. The van der Waals surface area contributed by atoms with E-state index in [1.165, 1.54) is 24.3 Å². The fraction of sp³-hybridized carbons (Fsp3) is 0.350. The van der Waals surface area contributed by atoms with E-state index in [-0.39, 0.29) is 10.8 Å². The second kappa shape index (κ2) is 8.51. The van der Waals surface area contributed by atoms with Gasteiger partial charge in [0.1, 0.15) is 0 Å². The van der Waals surface area contributed by atoms with Gasteiger partial charge in [-0.05, 0) is 61.2 Å². The van der Waals surface area contributed by atoms with Crippen molar-refractivity contribution in [1.82, 2.24) is 5.32 Å². The number of benzene rings is 2. The maximum atomic E-state index is 12.5. The van der Waals surface area contributed by atoms with Crippen LogP contribution in [0.3, 0.4) is 0 Å². The maximum Gasteiger partial charge on any atom is 0.261 e. The summed E-state index contributed by atoms with van der Waals surface area (Å²) in [6.45, 7) is 1.18. The van der Waals surface area contributed by atoms with Gasteiger partial charge in [-0.25, -0.2) is 8.42 Å². The lowest BCUT2D eigenvalue weighted by Crippen LogP contribution is -2.35. The van der Waals surface area contributed by atoms with E-state index in [9.17, 15) is 13.2 Å². The van der Waals surface area contributed by atoms with E-state index in [1.807, 2.05) is 0 Å². The molecule has 0 aromatic heterocycles. The molecule has 8 heteroatoms. The Morgan fingerprint density at radius 1 is 1.11 bits per heavy atom. The number of ether oxygens (including phenoxy) is 1. The monoisotopic (exact) mass is 422 g/mol. The van der Waals surface area contributed by atoms with Gasteiger partial charge in [0.2, 0.25) is 5.91 Å². The average molecular weight is 423 g/mol. The van der Waals surface area contributed by atoms with E-state index >= 15 is 0 Å². The number of rotatable bonds is 9. The summed E-state index contributed by atoms with van der Waals surface area (Å²) in [5, 5.41) is 3.43. The molecule has 2 N–H and O–H groups in total. The van der Waals surface area contributed by atoms with Gasteiger partial charge in [-0.3, -0.25) is 9.52 Å². The van der Waals surface area contributed by atoms with Crippen molar-refractivity contribution in [2.45, 2.75) is 29.6 Å². The zero-order valence-corrected chi connectivity index (χ0v) is 17.1. The standard InChI is InChI=1S/C20H23ClN2O4S/c1-27-14-2-13-22-19(24)20(11-12-20)15-3-7-17(8-4-15)23-28(25,26)18-9-5-16(21)6-10-18/h3-10,23H,2,11-14H2,1H3,(H,22,24). The van der Waals surface area contributed by atoms with Crippen LogP contribution in [0.25, 0.3) is 0 Å². The summed E-state index contributed by atoms with van der Waals surface area (Å²) in [5.74, 6) is 0.0121. The number of hydrogen-bond donors (Lipinski definition) is 2. The largest absolute Gasteiger partial charge is 0.385 e. The third-order valence-corrected chi connectivity index (χ3v) is 6.46. The summed E-state index contributed by atoms with van der Waals surface area (Å²) in [7, 11) is -2.06. The quantitative estimate of drug-likeness (QED) is 0.607. The van der Waals surface area contributed by atoms with Crippen molar-refractivity contribution in [3.8, 4) is 0 Å². The first-order chi connectivity index (χ1) is 13.4. The summed E-state index contributed by atoms with van der Waals surface area (Å²) < 4.78 is 32.4. The summed E-state index contributed by atoms with van der Waals surface area (Å²) in [6, 6.07) is 12.9. The van der Waals surface area contributed by atoms with Crippen molar-refractivity contribution in [1.29, 1.82) is 0 Å². The molecule has 150 valence electrons. The van der Waals surface area contributed by atoms with E-state index in [4.69, 9.17) is 16.3 Å². The Morgan fingerprint density at radius 2 is 1.75 bits per heavy atom. The van der Waals surface area contributed by atoms with Gasteiger partial charge in [0.25, 0.3) is 10.0 Å². The fourth-order valence-corrected chi connectivity index (χ4v) is 4.23. The average Bonchev–Trinajstić information content (AvgIpc) is 3.48. The molecule has 2 aromatic rings. The van der Waals surface area contributed by atoms with E-state index < -0.39 is 15.4 Å². The van der Waals surface area contributed by atoms with Crippen LogP contribution in [0.15, 0.2) is 53.4 Å². The molecule has 0 heterocycles. The second-order valence-corrected chi connectivity index (χ2v) is 8.94. The number of halogens is 1. The molecule has 1 aliphatic carbocycles. The van der Waals surface area contributed by atoms with Crippen LogP contribution in [0.1, 0.15) is 24.8 Å². The number of sulfonamides is 1. The predicted octanol–water partition coefficient (Wildman–Crippen LogP) is 3.33. The van der Waals surface area contributed by atoms with Gasteiger partial charge in [-0.15, -0.1) is 0 Å². The number of anilines is 1. The molecule has 1 amide bonds. The van der Waals surface area contributed by atoms with Crippen LogP contribution >= 0.6 is 11.6 Å². The Bertz CT molecular complexity index is 924. The molecular formula is C20H23ClN2O4S. The molecule has 6 nitrogen and oxygen atoms in total. The molecular weight excluding hydrogens is 400 g/mol. The number of carbonyl (C=O) groups excluding carboxylic acids is 1. The molecule has 0 spiro atoms. The highest BCUT2D eigenvalue weighted by molar-refractivity contribution is 7.92. The molecule has 0 radical (unpaired) electrons. The molecule has 0 bridgehead atoms. The molecule has 1 aliphatic rings. The van der Waals surface area contributed by atoms with Gasteiger partial charge in [0.05, 0.1) is 10.3 Å². The smallest absolute Gasteiger partial charge is 0.261 e. The van der Waals surface area contributed by atoms with E-state index in [2.05, 4.69) is 10.0 Å². The highest BCUT2D eigenvalue weighted by atomic mass is 35.5. The summed E-state index contributed by atoms with van der Waals surface area (Å²) in [5.41, 5.74) is 0.835. The van der Waals surface area contributed by atoms with Gasteiger partial charge >= 0.3 is 0 Å². The van der Waals surface area contributed by atoms with Crippen molar-refractivity contribution >= 4 is 33.2 Å². The molecule has 1 fully saturated rings. The molecule has 3 rings (SSSR count). The molecule has 28 heavy (non-hydrogen) atoms. The van der Waals surface area contributed by atoms with Crippen LogP contribution in [0.2, 0.25) is 5.02 Å². The second-order valence-electron chi connectivity index (χ2n) is 6.82. The molecule has 2 aromatic carbocycles. The van der Waals surface area contributed by atoms with Gasteiger partial charge in [0, 0.05) is 31.0 Å². The molecule has 0 aliphatic heterocycles. The van der Waals surface area contributed by atoms with Crippen molar-refractivity contribution in [2.24, 2.45) is 0 Å². The van der Waals surface area contributed by atoms with Crippen molar-refractivity contribution < 1.29 is 17.9 Å². The normalized spacial score (nSPS) is 15.1. The summed E-state index contributed by atoms with van der Waals surface area (Å²) in [6.07, 6.45) is 2.35. The van der Waals surface area contributed by atoms with Gasteiger partial charge in [-0.1, -0.05) is 23.7 Å². The van der Waals surface area contributed by atoms with Gasteiger partial charge in [0.15, 0.2) is 0 Å². The Morgan fingerprint density at radius 3 is 2.32 bits per heavy atom. The van der Waals surface area contributed by atoms with Crippen molar-refractivity contribution in [2.75, 3.05) is 25.0 Å². The van der Waals surface area contributed by atoms with Crippen LogP contribution in [0, 0.1) is 0 Å². The number of nitrogens with one attached hydrogen (secondary N) is 2. The lowest BCUT2D eigenvalue weighted by molar-refractivity contribution is -0.123. The zero-order valence-electron chi connectivity index (χ0n) is 15.6. The first kappa shape index (κ1) is 20.6. The van der Waals surface area contributed by atoms with E-state index in [0.29, 0.717) is 23.9 Å². The van der Waals surface area contributed by atoms with Gasteiger partial charge in [-0.2, -0.15) is 0 Å². The van der Waals surface area contributed by atoms with Crippen molar-refractivity contribution in [3.63, 3.8) is 0 Å². The SMILES string of the molecule is COCCCNC(=O)C1(c2ccc(NS(=O)(=O)c3ccc(Cl)cc3)cc2)CC1. The minimum atomic E-state index is -3.70. The summed E-state index contributed by atoms with van der Waals surface area (Å²) in [4.78, 5) is 12.7. The first-order valence-corrected chi connectivity index (χ1v) is 10.9. The summed E-state index contributed by atoms with van der Waals surface area (Å²) >= 11 is 5.81. The fourth-order valence-electron chi connectivity index (χ4n) is 3.04. The van der Waals surface area contributed by atoms with Crippen LogP contribution in [0.5, 0.6) is 0 Å². The third-order valence-electron chi connectivity index (χ3n) is 4.81. The molecule has 0 unspecified atom stereocenters. The molecule has 0 saturated heterocycles. The van der Waals surface area contributed by atoms with Crippen LogP contribution in [0.4, 0.5) is 5.69 Å². The Balaban J connectivity index is 1.66. The highest BCUT2D eigenvalue weighted by Crippen LogP contribution is 2.48. The number of carbonyl (C=O) groups is 1. The first-order valence-electron chi connectivity index (χ1n) is 9.04. The van der Waals surface area contributed by atoms with Crippen LogP contribution in [-0.2, 0) is 25.0 Å². The maximum absolute atomic E-state index is 12.5. The molecule has 0 atom stereocenters. The number of hydrogen-bond acceptors (Lipinski definition) is 4. The van der Waals surface area contributed by atoms with Crippen LogP contribution < -0.4 is 10.0 Å². The Kier molecular flexibility index (Phi) is 6.27. The topological polar surface area (TPSA) is 84.5 Å². The minimum absolute atomic E-state index is 0.0121. The van der Waals surface area contributed by atoms with Gasteiger partial charge < -0.3 is 10.1 Å². The predicted molar refractivity (Wildman–Crippen MR) is 109 cm³/mol. The van der Waals surface area contributed by atoms with Crippen LogP contribution in [-0.4, -0.2) is 34.6 Å². The third kappa shape index (κ3) is 4.66. The Hall–Kier alpha value is -2.09. The number of methoxy groups -OCH3 is 1. The highest BCUT2D eigenvalue weighted by Gasteiger charge is 2.50. The molecule has 1 saturated carbocycles. The van der Waals surface area contributed by atoms with E-state index in [1.54, 1.807) is 31.4 Å². The Labute approximate surface area is 170 Å². The lowest BCUT2D eigenvalue weighted by atomic mass is 9.95. The zero-order chi connectivity index (χ0) is 20.2. The lowest BCUT2D eigenvalue weighted by Gasteiger charge is -2.16. The van der Waals surface area contributed by atoms with E-state index in [0.717, 1.165) is 24.8 Å².